The van der Waals surface area contributed by atoms with Gasteiger partial charge < -0.3 is 10.2 Å². The maximum absolute atomic E-state index is 11.3. The van der Waals surface area contributed by atoms with Crippen molar-refractivity contribution in [1.82, 2.24) is 4.31 Å². The van der Waals surface area contributed by atoms with Gasteiger partial charge in [-0.1, -0.05) is 24.1 Å². The van der Waals surface area contributed by atoms with Gasteiger partial charge in [-0.15, -0.1) is 0 Å². The summed E-state index contributed by atoms with van der Waals surface area (Å²) in [6.07, 6.45) is 2.55. The van der Waals surface area contributed by atoms with E-state index in [1.54, 1.807) is 18.2 Å². The number of carbonyl (C=O) groups is 1. The Morgan fingerprint density at radius 3 is 2.94 bits per heavy atom. The predicted octanol–water partition coefficient (Wildman–Crippen LogP) is 1.65. The highest BCUT2D eigenvalue weighted by Gasteiger charge is 2.33. The fourth-order valence-corrected chi connectivity index (χ4v) is 2.77. The number of aromatic hydroxyl groups is 1. The third-order valence-corrected chi connectivity index (χ3v) is 3.68. The highest BCUT2D eigenvalue weighted by molar-refractivity contribution is 7.96. The number of benzene rings is 1. The Morgan fingerprint density at radius 1 is 1.56 bits per heavy atom. The lowest BCUT2D eigenvalue weighted by atomic mass is 9.93. The molecule has 0 aromatic heterocycles. The predicted molar refractivity (Wildman–Crippen MR) is 62.4 cm³/mol. The molecular formula is C11H13NO3S. The second-order valence-corrected chi connectivity index (χ2v) is 4.49. The van der Waals surface area contributed by atoms with Crippen molar-refractivity contribution >= 4 is 17.9 Å². The molecule has 0 spiro atoms. The SMILES string of the molecule is CSN1CCc2c(O)cccc2C1C(=O)O. The average molecular weight is 239 g/mol. The number of hydrogen-bond acceptors (Lipinski definition) is 4. The van der Waals surface area contributed by atoms with Gasteiger partial charge >= 0.3 is 5.97 Å². The number of rotatable bonds is 2. The van der Waals surface area contributed by atoms with Crippen LogP contribution in [-0.2, 0) is 11.2 Å². The molecule has 1 heterocycles. The van der Waals surface area contributed by atoms with E-state index in [4.69, 9.17) is 0 Å². The maximum Gasteiger partial charge on any atom is 0.326 e. The van der Waals surface area contributed by atoms with Gasteiger partial charge in [-0.2, -0.15) is 0 Å². The van der Waals surface area contributed by atoms with Gasteiger partial charge in [0.15, 0.2) is 0 Å². The van der Waals surface area contributed by atoms with Crippen molar-refractivity contribution < 1.29 is 15.0 Å². The van der Waals surface area contributed by atoms with E-state index >= 15 is 0 Å². The van der Waals surface area contributed by atoms with Crippen molar-refractivity contribution in [3.05, 3.63) is 29.3 Å². The van der Waals surface area contributed by atoms with E-state index in [9.17, 15) is 15.0 Å². The number of phenolic OH excluding ortho intramolecular Hbond substituents is 1. The summed E-state index contributed by atoms with van der Waals surface area (Å²) in [5.41, 5.74) is 1.47. The van der Waals surface area contributed by atoms with Gasteiger partial charge in [0, 0.05) is 12.1 Å². The van der Waals surface area contributed by atoms with Crippen molar-refractivity contribution in [2.45, 2.75) is 12.5 Å². The van der Waals surface area contributed by atoms with Crippen LogP contribution < -0.4 is 0 Å². The highest BCUT2D eigenvalue weighted by Crippen LogP contribution is 2.37. The molecule has 1 aromatic carbocycles. The summed E-state index contributed by atoms with van der Waals surface area (Å²) in [5, 5.41) is 18.9. The molecule has 2 rings (SSSR count). The van der Waals surface area contributed by atoms with E-state index in [1.807, 2.05) is 10.6 Å². The van der Waals surface area contributed by atoms with Crippen LogP contribution in [0.15, 0.2) is 18.2 Å². The van der Waals surface area contributed by atoms with Crippen molar-refractivity contribution in [2.24, 2.45) is 0 Å². The second kappa shape index (κ2) is 4.35. The quantitative estimate of drug-likeness (QED) is 0.768. The van der Waals surface area contributed by atoms with Crippen LogP contribution in [0.5, 0.6) is 5.75 Å². The third kappa shape index (κ3) is 1.76. The largest absolute Gasteiger partial charge is 0.508 e. The van der Waals surface area contributed by atoms with Gasteiger partial charge in [0.1, 0.15) is 11.8 Å². The minimum absolute atomic E-state index is 0.199. The minimum atomic E-state index is -0.874. The molecule has 0 bridgehead atoms. The summed E-state index contributed by atoms with van der Waals surface area (Å²) in [6, 6.07) is 4.40. The molecule has 0 fully saturated rings. The fourth-order valence-electron chi connectivity index (χ4n) is 2.08. The van der Waals surface area contributed by atoms with Crippen molar-refractivity contribution in [3.8, 4) is 5.75 Å². The molecule has 0 aliphatic carbocycles. The van der Waals surface area contributed by atoms with Crippen LogP contribution in [0.3, 0.4) is 0 Å². The first kappa shape index (κ1) is 11.3. The zero-order valence-electron chi connectivity index (χ0n) is 8.88. The molecule has 0 amide bonds. The van der Waals surface area contributed by atoms with Crippen molar-refractivity contribution in [1.29, 1.82) is 0 Å². The lowest BCUT2D eigenvalue weighted by molar-refractivity contribution is -0.141. The van der Waals surface area contributed by atoms with Crippen LogP contribution in [0.2, 0.25) is 0 Å². The van der Waals surface area contributed by atoms with E-state index in [1.165, 1.54) is 11.9 Å². The van der Waals surface area contributed by atoms with Gasteiger partial charge in [-0.3, -0.25) is 4.79 Å². The van der Waals surface area contributed by atoms with E-state index in [0.717, 1.165) is 5.56 Å². The molecule has 5 heteroatoms. The summed E-state index contributed by atoms with van der Waals surface area (Å²) in [7, 11) is 0. The maximum atomic E-state index is 11.3. The Hall–Kier alpha value is -1.20. The third-order valence-electron chi connectivity index (χ3n) is 2.82. The van der Waals surface area contributed by atoms with Crippen molar-refractivity contribution in [3.63, 3.8) is 0 Å². The number of fused-ring (bicyclic) bond motifs is 1. The van der Waals surface area contributed by atoms with Gasteiger partial charge in [0.05, 0.1) is 0 Å². The topological polar surface area (TPSA) is 60.8 Å². The number of nitrogens with zero attached hydrogens (tertiary/aromatic N) is 1. The van der Waals surface area contributed by atoms with Crippen LogP contribution >= 0.6 is 11.9 Å². The molecule has 86 valence electrons. The molecule has 0 saturated carbocycles. The molecular weight excluding hydrogens is 226 g/mol. The van der Waals surface area contributed by atoms with Gasteiger partial charge in [-0.05, 0) is 24.3 Å². The normalized spacial score (nSPS) is 20.4. The molecule has 2 N–H and O–H groups in total. The Morgan fingerprint density at radius 2 is 2.31 bits per heavy atom. The number of phenols is 1. The molecule has 4 nitrogen and oxygen atoms in total. The van der Waals surface area contributed by atoms with Crippen LogP contribution in [0.4, 0.5) is 0 Å². The molecule has 0 radical (unpaired) electrons. The molecule has 1 unspecified atom stereocenters. The van der Waals surface area contributed by atoms with Crippen LogP contribution in [0, 0.1) is 0 Å². The minimum Gasteiger partial charge on any atom is -0.508 e. The van der Waals surface area contributed by atoms with E-state index < -0.39 is 12.0 Å². The zero-order chi connectivity index (χ0) is 11.7. The molecule has 16 heavy (non-hydrogen) atoms. The first-order chi connectivity index (χ1) is 7.65. The first-order valence-electron chi connectivity index (χ1n) is 4.99. The number of hydrogen-bond donors (Lipinski definition) is 2. The monoisotopic (exact) mass is 239 g/mol. The fraction of sp³-hybridized carbons (Fsp3) is 0.364. The molecule has 0 saturated heterocycles. The van der Waals surface area contributed by atoms with Crippen LogP contribution in [0.1, 0.15) is 17.2 Å². The Balaban J connectivity index is 2.49. The van der Waals surface area contributed by atoms with Crippen LogP contribution in [-0.4, -0.2) is 33.3 Å². The molecule has 1 aliphatic rings. The Bertz CT molecular complexity index is 422. The van der Waals surface area contributed by atoms with E-state index in [0.29, 0.717) is 18.5 Å². The molecule has 1 aliphatic heterocycles. The smallest absolute Gasteiger partial charge is 0.326 e. The average Bonchev–Trinajstić information content (AvgIpc) is 2.27. The zero-order valence-corrected chi connectivity index (χ0v) is 9.70. The standard InChI is InChI=1S/C11H13NO3S/c1-16-12-6-5-7-8(10(12)11(14)15)3-2-4-9(7)13/h2-4,10,13H,5-6H2,1H3,(H,14,15). The van der Waals surface area contributed by atoms with Gasteiger partial charge in [0.25, 0.3) is 0 Å². The summed E-state index contributed by atoms with van der Waals surface area (Å²) in [6.45, 7) is 0.642. The summed E-state index contributed by atoms with van der Waals surface area (Å²) < 4.78 is 1.82. The Kier molecular flexibility index (Phi) is 3.07. The Labute approximate surface area is 98.0 Å². The first-order valence-corrected chi connectivity index (χ1v) is 6.17. The lowest BCUT2D eigenvalue weighted by Crippen LogP contribution is -2.35. The van der Waals surface area contributed by atoms with E-state index in [-0.39, 0.29) is 5.75 Å². The summed E-state index contributed by atoms with van der Waals surface area (Å²) >= 11 is 1.42. The number of carboxylic acids is 1. The molecule has 1 atom stereocenters. The number of carboxylic acid groups (broad SMARTS) is 1. The van der Waals surface area contributed by atoms with Crippen LogP contribution in [0.25, 0.3) is 0 Å². The van der Waals surface area contributed by atoms with Gasteiger partial charge in [-0.25, -0.2) is 4.31 Å². The van der Waals surface area contributed by atoms with Gasteiger partial charge in [0.2, 0.25) is 0 Å². The summed E-state index contributed by atoms with van der Waals surface area (Å²) in [4.78, 5) is 11.3. The van der Waals surface area contributed by atoms with Crippen molar-refractivity contribution in [2.75, 3.05) is 12.8 Å². The number of aliphatic carboxylic acids is 1. The summed E-state index contributed by atoms with van der Waals surface area (Å²) in [5.74, 6) is -0.676. The highest BCUT2D eigenvalue weighted by atomic mass is 32.2. The molecule has 1 aromatic rings. The second-order valence-electron chi connectivity index (χ2n) is 3.66. The lowest BCUT2D eigenvalue weighted by Gasteiger charge is -2.32. The van der Waals surface area contributed by atoms with E-state index in [2.05, 4.69) is 0 Å².